The molecule has 2 heterocycles. The van der Waals surface area contributed by atoms with E-state index in [0.29, 0.717) is 17.0 Å². The van der Waals surface area contributed by atoms with Crippen LogP contribution in [0.5, 0.6) is 0 Å². The zero-order valence-corrected chi connectivity index (χ0v) is 19.7. The molecule has 176 valence electrons. The normalized spacial score (nSPS) is 17.7. The third-order valence-electron chi connectivity index (χ3n) is 5.31. The van der Waals surface area contributed by atoms with E-state index in [1.165, 1.54) is 29.2 Å². The van der Waals surface area contributed by atoms with Gasteiger partial charge in [0.1, 0.15) is 11.6 Å². The van der Waals surface area contributed by atoms with Crippen molar-refractivity contribution in [1.29, 1.82) is 0 Å². The minimum Gasteiger partial charge on any atom is -0.399 e. The van der Waals surface area contributed by atoms with Gasteiger partial charge in [-0.1, -0.05) is 0 Å². The summed E-state index contributed by atoms with van der Waals surface area (Å²) in [7, 11) is -3.56. The van der Waals surface area contributed by atoms with Crippen LogP contribution in [-0.4, -0.2) is 59.0 Å². The maximum Gasteiger partial charge on any atom is 0.274 e. The molecule has 2 atom stereocenters. The molecular formula is C23H23N5O4S2. The van der Waals surface area contributed by atoms with E-state index in [4.69, 9.17) is 5.73 Å². The minimum absolute atomic E-state index is 0.161. The Hall–Kier alpha value is -3.28. The number of nitrogens with two attached hydrogens (primary N) is 1. The van der Waals surface area contributed by atoms with Crippen LogP contribution in [0.2, 0.25) is 0 Å². The molecule has 0 saturated heterocycles. The van der Waals surface area contributed by atoms with Crippen LogP contribution in [0.4, 0.5) is 5.69 Å². The van der Waals surface area contributed by atoms with Crippen LogP contribution in [0, 0.1) is 5.92 Å². The van der Waals surface area contributed by atoms with Gasteiger partial charge >= 0.3 is 0 Å². The van der Waals surface area contributed by atoms with Crippen LogP contribution >= 0.6 is 11.8 Å². The number of nitrogen functional groups attached to an aromatic ring is 1. The number of carbonyl (C=O) groups is 1. The molecule has 3 aromatic rings. The maximum absolute atomic E-state index is 12.8. The number of benzene rings is 2. The zero-order chi connectivity index (χ0) is 24.1. The Labute approximate surface area is 201 Å². The molecule has 1 aliphatic heterocycles. The van der Waals surface area contributed by atoms with Gasteiger partial charge in [-0.3, -0.25) is 4.79 Å². The molecule has 34 heavy (non-hydrogen) atoms. The highest BCUT2D eigenvalue weighted by Gasteiger charge is 2.35. The minimum atomic E-state index is -3.56. The molecule has 11 heteroatoms. The number of hydrogen-bond donors (Lipinski definition) is 2. The molecule has 0 fully saturated rings. The first-order valence-electron chi connectivity index (χ1n) is 10.4. The molecule has 0 radical (unpaired) electrons. The van der Waals surface area contributed by atoms with Crippen molar-refractivity contribution >= 4 is 39.4 Å². The number of aliphatic hydroxyl groups excluding tert-OH is 1. The van der Waals surface area contributed by atoms with Crippen molar-refractivity contribution < 1.29 is 18.3 Å². The lowest BCUT2D eigenvalue weighted by molar-refractivity contribution is 0.0608. The Morgan fingerprint density at radius 1 is 1.06 bits per heavy atom. The van der Waals surface area contributed by atoms with Gasteiger partial charge < -0.3 is 10.8 Å². The number of aromatic nitrogens is 2. The lowest BCUT2D eigenvalue weighted by atomic mass is 10.0. The van der Waals surface area contributed by atoms with Crippen molar-refractivity contribution in [3.8, 4) is 0 Å². The summed E-state index contributed by atoms with van der Waals surface area (Å²) in [6, 6.07) is 14.3. The van der Waals surface area contributed by atoms with Gasteiger partial charge in [-0.15, -0.1) is 11.8 Å². The van der Waals surface area contributed by atoms with Gasteiger partial charge in [0.05, 0.1) is 17.5 Å². The number of aliphatic hydroxyl groups is 1. The van der Waals surface area contributed by atoms with Crippen molar-refractivity contribution in [3.63, 3.8) is 0 Å². The molecule has 0 bridgehead atoms. The quantitative estimate of drug-likeness (QED) is 0.357. The largest absolute Gasteiger partial charge is 0.399 e. The van der Waals surface area contributed by atoms with Crippen LogP contribution in [0.15, 0.2) is 81.9 Å². The second-order valence-corrected chi connectivity index (χ2v) is 10.7. The van der Waals surface area contributed by atoms with Crippen LogP contribution < -0.4 is 5.73 Å². The van der Waals surface area contributed by atoms with Crippen molar-refractivity contribution in [2.75, 3.05) is 18.1 Å². The Bertz CT molecular complexity index is 1270. The summed E-state index contributed by atoms with van der Waals surface area (Å²) in [5.74, 6) is 0.0692. The molecule has 9 nitrogen and oxygen atoms in total. The smallest absolute Gasteiger partial charge is 0.274 e. The van der Waals surface area contributed by atoms with Gasteiger partial charge in [-0.2, -0.15) is 5.10 Å². The molecule has 0 saturated carbocycles. The number of amides is 1. The molecule has 0 spiro atoms. The van der Waals surface area contributed by atoms with E-state index in [9.17, 15) is 18.3 Å². The summed E-state index contributed by atoms with van der Waals surface area (Å²) in [6.45, 7) is -0.231. The molecule has 2 unspecified atom stereocenters. The summed E-state index contributed by atoms with van der Waals surface area (Å²) < 4.78 is 25.2. The van der Waals surface area contributed by atoms with E-state index in [-0.39, 0.29) is 34.9 Å². The molecule has 1 aromatic heterocycles. The number of thioether (sulfide) groups is 1. The van der Waals surface area contributed by atoms with Crippen LogP contribution in [0.1, 0.15) is 16.2 Å². The summed E-state index contributed by atoms with van der Waals surface area (Å²) in [4.78, 5) is 21.8. The summed E-state index contributed by atoms with van der Waals surface area (Å²) in [6.07, 6.45) is 4.68. The number of anilines is 1. The fourth-order valence-corrected chi connectivity index (χ4v) is 5.67. The van der Waals surface area contributed by atoms with E-state index in [1.807, 2.05) is 0 Å². The number of carbonyl (C=O) groups excluding carboxylic acids is 1. The first-order chi connectivity index (χ1) is 16.4. The van der Waals surface area contributed by atoms with E-state index in [2.05, 4.69) is 15.1 Å². The third kappa shape index (κ3) is 5.44. The predicted molar refractivity (Wildman–Crippen MR) is 130 cm³/mol. The average Bonchev–Trinajstić information content (AvgIpc) is 3.26. The van der Waals surface area contributed by atoms with Gasteiger partial charge in [-0.05, 0) is 54.6 Å². The fraction of sp³-hybridized carbons (Fsp3) is 0.217. The van der Waals surface area contributed by atoms with Gasteiger partial charge in [0.15, 0.2) is 9.84 Å². The van der Waals surface area contributed by atoms with E-state index in [0.717, 1.165) is 4.90 Å². The summed E-state index contributed by atoms with van der Waals surface area (Å²) in [5, 5.41) is 15.4. The Kier molecular flexibility index (Phi) is 7.25. The first kappa shape index (κ1) is 23.9. The highest BCUT2D eigenvalue weighted by molar-refractivity contribution is 7.99. The van der Waals surface area contributed by atoms with Crippen molar-refractivity contribution in [2.24, 2.45) is 11.0 Å². The number of hydrazone groups is 1. The standard InChI is InChI=1S/C23H23N5O4S2/c24-18-4-2-16(3-5-18)23(30)28-21(13-29)17(12-27-28)14-33-19-6-8-20(9-7-19)34(31,32)15-22-25-10-1-11-26-22/h1-12,17,21,29H,13-15,24H2. The second kappa shape index (κ2) is 10.3. The number of hydrogen-bond acceptors (Lipinski definition) is 9. The topological polar surface area (TPSA) is 139 Å². The van der Waals surface area contributed by atoms with Crippen molar-refractivity contribution in [3.05, 3.63) is 78.4 Å². The zero-order valence-electron chi connectivity index (χ0n) is 18.1. The lowest BCUT2D eigenvalue weighted by Crippen LogP contribution is -2.40. The Balaban J connectivity index is 1.37. The first-order valence-corrected chi connectivity index (χ1v) is 13.1. The lowest BCUT2D eigenvalue weighted by Gasteiger charge is -2.24. The highest BCUT2D eigenvalue weighted by Crippen LogP contribution is 2.28. The van der Waals surface area contributed by atoms with Gasteiger partial charge in [-0.25, -0.2) is 23.4 Å². The number of rotatable bonds is 8. The van der Waals surface area contributed by atoms with E-state index < -0.39 is 15.9 Å². The number of nitrogens with zero attached hydrogens (tertiary/aromatic N) is 4. The van der Waals surface area contributed by atoms with Crippen LogP contribution in [-0.2, 0) is 15.6 Å². The van der Waals surface area contributed by atoms with E-state index in [1.54, 1.807) is 60.8 Å². The van der Waals surface area contributed by atoms with Gasteiger partial charge in [0.25, 0.3) is 5.91 Å². The second-order valence-electron chi connectivity index (χ2n) is 7.66. The molecule has 2 aromatic carbocycles. The predicted octanol–water partition coefficient (Wildman–Crippen LogP) is 2.24. The van der Waals surface area contributed by atoms with Crippen LogP contribution in [0.25, 0.3) is 0 Å². The van der Waals surface area contributed by atoms with Gasteiger partial charge in [0.2, 0.25) is 0 Å². The third-order valence-corrected chi connectivity index (χ3v) is 8.09. The summed E-state index contributed by atoms with van der Waals surface area (Å²) in [5.41, 5.74) is 6.68. The monoisotopic (exact) mass is 497 g/mol. The molecular weight excluding hydrogens is 474 g/mol. The molecule has 3 N–H and O–H groups in total. The SMILES string of the molecule is Nc1ccc(C(=O)N2N=CC(CSc3ccc(S(=O)(=O)Cc4ncccn4)cc3)C2CO)cc1. The molecule has 1 amide bonds. The molecule has 4 rings (SSSR count). The highest BCUT2D eigenvalue weighted by atomic mass is 32.2. The molecule has 0 aliphatic carbocycles. The maximum atomic E-state index is 12.8. The number of sulfone groups is 1. The average molecular weight is 498 g/mol. The fourth-order valence-electron chi connectivity index (χ4n) is 3.45. The van der Waals surface area contributed by atoms with Gasteiger partial charge in [0, 0.05) is 46.4 Å². The van der Waals surface area contributed by atoms with Crippen molar-refractivity contribution in [1.82, 2.24) is 15.0 Å². The summed E-state index contributed by atoms with van der Waals surface area (Å²) >= 11 is 1.50. The van der Waals surface area contributed by atoms with Crippen LogP contribution in [0.3, 0.4) is 0 Å². The van der Waals surface area contributed by atoms with E-state index >= 15 is 0 Å². The molecule has 1 aliphatic rings. The van der Waals surface area contributed by atoms with Crippen molar-refractivity contribution in [2.45, 2.75) is 21.6 Å². The Morgan fingerprint density at radius 2 is 1.74 bits per heavy atom. The Morgan fingerprint density at radius 3 is 2.38 bits per heavy atom.